The second-order valence-electron chi connectivity index (χ2n) is 6.53. The van der Waals surface area contributed by atoms with Gasteiger partial charge in [-0.15, -0.1) is 0 Å². The Hall–Kier alpha value is -3.09. The number of nitrogens with one attached hydrogen (secondary N) is 1. The molecule has 2 aromatic heterocycles. The van der Waals surface area contributed by atoms with Crippen LogP contribution in [0.4, 0.5) is 5.82 Å². The molecule has 7 heteroatoms. The minimum atomic E-state index is -0.426. The van der Waals surface area contributed by atoms with Crippen LogP contribution in [0.15, 0.2) is 51.8 Å². The van der Waals surface area contributed by atoms with Crippen LogP contribution in [0.3, 0.4) is 0 Å². The normalized spacial score (nSPS) is 15.0. The van der Waals surface area contributed by atoms with Crippen LogP contribution in [0, 0.1) is 5.92 Å². The van der Waals surface area contributed by atoms with Crippen molar-refractivity contribution in [3.05, 3.63) is 53.0 Å². The van der Waals surface area contributed by atoms with Crippen molar-refractivity contribution in [1.82, 2.24) is 9.78 Å². The smallest absolute Gasteiger partial charge is 0.336 e. The topological polar surface area (TPSA) is 86.4 Å². The number of anilines is 1. The number of nitrogens with zero attached hydrogens (tertiary/aromatic N) is 2. The van der Waals surface area contributed by atoms with Gasteiger partial charge in [0.05, 0.1) is 12.2 Å². The van der Waals surface area contributed by atoms with Crippen molar-refractivity contribution in [3.63, 3.8) is 0 Å². The molecule has 0 bridgehead atoms. The number of aromatic nitrogens is 2. The highest BCUT2D eigenvalue weighted by atomic mass is 16.5. The van der Waals surface area contributed by atoms with Gasteiger partial charge in [-0.3, -0.25) is 4.79 Å². The summed E-state index contributed by atoms with van der Waals surface area (Å²) in [7, 11) is 0. The number of benzene rings is 1. The summed E-state index contributed by atoms with van der Waals surface area (Å²) in [4.78, 5) is 23.5. The second-order valence-corrected chi connectivity index (χ2v) is 6.53. The van der Waals surface area contributed by atoms with Gasteiger partial charge < -0.3 is 14.5 Å². The van der Waals surface area contributed by atoms with Crippen molar-refractivity contribution in [2.24, 2.45) is 5.92 Å². The largest absolute Gasteiger partial charge is 0.484 e. The van der Waals surface area contributed by atoms with E-state index in [4.69, 9.17) is 9.15 Å². The lowest BCUT2D eigenvalue weighted by atomic mass is 10.2. The van der Waals surface area contributed by atoms with Gasteiger partial charge in [-0.25, -0.2) is 9.48 Å². The fourth-order valence-electron chi connectivity index (χ4n) is 2.97. The molecule has 1 atom stereocenters. The first kappa shape index (κ1) is 16.4. The van der Waals surface area contributed by atoms with Gasteiger partial charge in [-0.05, 0) is 43.9 Å². The molecule has 1 aromatic carbocycles. The Morgan fingerprint density at radius 2 is 2.15 bits per heavy atom. The van der Waals surface area contributed by atoms with E-state index in [0.29, 0.717) is 23.1 Å². The summed E-state index contributed by atoms with van der Waals surface area (Å²) in [6, 6.07) is 10.2. The van der Waals surface area contributed by atoms with E-state index >= 15 is 0 Å². The van der Waals surface area contributed by atoms with E-state index in [1.807, 2.05) is 4.68 Å². The first-order valence-electron chi connectivity index (χ1n) is 8.60. The van der Waals surface area contributed by atoms with E-state index in [-0.39, 0.29) is 18.6 Å². The molecule has 1 N–H and O–H groups in total. The molecule has 26 heavy (non-hydrogen) atoms. The maximum Gasteiger partial charge on any atom is 0.336 e. The van der Waals surface area contributed by atoms with E-state index < -0.39 is 5.63 Å². The Morgan fingerprint density at radius 1 is 1.35 bits per heavy atom. The molecule has 134 valence electrons. The third kappa shape index (κ3) is 3.46. The van der Waals surface area contributed by atoms with Crippen LogP contribution in [0.5, 0.6) is 5.75 Å². The zero-order valence-electron chi connectivity index (χ0n) is 14.3. The summed E-state index contributed by atoms with van der Waals surface area (Å²) in [5.74, 6) is 1.49. The van der Waals surface area contributed by atoms with Crippen LogP contribution < -0.4 is 15.7 Å². The van der Waals surface area contributed by atoms with Crippen molar-refractivity contribution in [2.45, 2.75) is 25.8 Å². The number of carbonyl (C=O) groups excluding carboxylic acids is 1. The van der Waals surface area contributed by atoms with Crippen LogP contribution in [-0.4, -0.2) is 22.3 Å². The molecule has 1 aliphatic carbocycles. The Kier molecular flexibility index (Phi) is 4.20. The molecule has 1 saturated carbocycles. The average Bonchev–Trinajstić information content (AvgIpc) is 3.38. The van der Waals surface area contributed by atoms with Crippen molar-refractivity contribution in [2.75, 3.05) is 11.9 Å². The minimum absolute atomic E-state index is 0.147. The van der Waals surface area contributed by atoms with Crippen molar-refractivity contribution in [3.8, 4) is 5.75 Å². The third-order valence-corrected chi connectivity index (χ3v) is 4.59. The summed E-state index contributed by atoms with van der Waals surface area (Å²) in [5.41, 5.74) is -0.00261. The van der Waals surface area contributed by atoms with Gasteiger partial charge in [0.1, 0.15) is 17.2 Å². The predicted octanol–water partition coefficient (Wildman–Crippen LogP) is 2.98. The average molecular weight is 353 g/mol. The highest BCUT2D eigenvalue weighted by Gasteiger charge is 2.30. The number of hydrogen-bond donors (Lipinski definition) is 1. The summed E-state index contributed by atoms with van der Waals surface area (Å²) in [6.07, 6.45) is 4.09. The molecular formula is C19H19N3O4. The van der Waals surface area contributed by atoms with Crippen LogP contribution in [0.1, 0.15) is 25.8 Å². The highest BCUT2D eigenvalue weighted by Crippen LogP contribution is 2.40. The molecule has 1 aliphatic rings. The SMILES string of the molecule is CC(C1CC1)n1nccc1NC(=O)COc1ccc2ccc(=O)oc2c1. The molecule has 3 aromatic rings. The van der Waals surface area contributed by atoms with E-state index in [1.54, 1.807) is 36.5 Å². The number of hydrogen-bond acceptors (Lipinski definition) is 5. The fraction of sp³-hybridized carbons (Fsp3) is 0.316. The van der Waals surface area contributed by atoms with Gasteiger partial charge in [0.25, 0.3) is 5.91 Å². The molecule has 2 heterocycles. The number of ether oxygens (including phenoxy) is 1. The zero-order chi connectivity index (χ0) is 18.1. The Balaban J connectivity index is 1.40. The molecule has 0 aliphatic heterocycles. The molecule has 1 amide bonds. The molecule has 1 fully saturated rings. The number of fused-ring (bicyclic) bond motifs is 1. The lowest BCUT2D eigenvalue weighted by Gasteiger charge is -2.15. The molecule has 0 spiro atoms. The van der Waals surface area contributed by atoms with E-state index in [1.165, 1.54) is 18.9 Å². The fourth-order valence-corrected chi connectivity index (χ4v) is 2.97. The Labute approximate surface area is 149 Å². The van der Waals surface area contributed by atoms with Gasteiger partial charge in [-0.2, -0.15) is 5.10 Å². The van der Waals surface area contributed by atoms with Crippen molar-refractivity contribution in [1.29, 1.82) is 0 Å². The zero-order valence-corrected chi connectivity index (χ0v) is 14.3. The molecule has 0 radical (unpaired) electrons. The Morgan fingerprint density at radius 3 is 2.96 bits per heavy atom. The molecule has 0 saturated heterocycles. The predicted molar refractivity (Wildman–Crippen MR) is 96.3 cm³/mol. The van der Waals surface area contributed by atoms with Crippen LogP contribution in [-0.2, 0) is 4.79 Å². The lowest BCUT2D eigenvalue weighted by Crippen LogP contribution is -2.23. The van der Waals surface area contributed by atoms with Crippen LogP contribution in [0.2, 0.25) is 0 Å². The molecule has 4 rings (SSSR count). The number of rotatable bonds is 6. The lowest BCUT2D eigenvalue weighted by molar-refractivity contribution is -0.118. The third-order valence-electron chi connectivity index (χ3n) is 4.59. The van der Waals surface area contributed by atoms with E-state index in [9.17, 15) is 9.59 Å². The van der Waals surface area contributed by atoms with Crippen LogP contribution >= 0.6 is 0 Å². The second kappa shape index (κ2) is 6.67. The molecule has 1 unspecified atom stereocenters. The van der Waals surface area contributed by atoms with Crippen molar-refractivity contribution >= 4 is 22.7 Å². The molecule has 7 nitrogen and oxygen atoms in total. The van der Waals surface area contributed by atoms with Crippen LogP contribution in [0.25, 0.3) is 11.0 Å². The van der Waals surface area contributed by atoms with Gasteiger partial charge in [0.2, 0.25) is 0 Å². The summed E-state index contributed by atoms with van der Waals surface area (Å²) in [6.45, 7) is 1.96. The van der Waals surface area contributed by atoms with Gasteiger partial charge in [0.15, 0.2) is 6.61 Å². The van der Waals surface area contributed by atoms with Gasteiger partial charge in [-0.1, -0.05) is 0 Å². The summed E-state index contributed by atoms with van der Waals surface area (Å²) >= 11 is 0. The first-order valence-corrected chi connectivity index (χ1v) is 8.60. The number of amides is 1. The van der Waals surface area contributed by atoms with Gasteiger partial charge >= 0.3 is 5.63 Å². The molecular weight excluding hydrogens is 334 g/mol. The van der Waals surface area contributed by atoms with Crippen molar-refractivity contribution < 1.29 is 13.9 Å². The maximum absolute atomic E-state index is 12.2. The standard InChI is InChI=1S/C19H19N3O4/c1-12(13-2-3-13)22-17(8-9-20-22)21-18(23)11-25-15-6-4-14-5-7-19(24)26-16(14)10-15/h4-10,12-13H,2-3,11H2,1H3,(H,21,23). The monoisotopic (exact) mass is 353 g/mol. The van der Waals surface area contributed by atoms with E-state index in [0.717, 1.165) is 5.39 Å². The Bertz CT molecular complexity index is 1000. The first-order chi connectivity index (χ1) is 12.6. The summed E-state index contributed by atoms with van der Waals surface area (Å²) in [5, 5.41) is 7.94. The van der Waals surface area contributed by atoms with Gasteiger partial charge in [0, 0.05) is 23.6 Å². The number of carbonyl (C=O) groups is 1. The quantitative estimate of drug-likeness (QED) is 0.689. The minimum Gasteiger partial charge on any atom is -0.484 e. The van der Waals surface area contributed by atoms with E-state index in [2.05, 4.69) is 17.3 Å². The highest BCUT2D eigenvalue weighted by molar-refractivity contribution is 5.91. The maximum atomic E-state index is 12.2. The summed E-state index contributed by atoms with van der Waals surface area (Å²) < 4.78 is 12.5.